The van der Waals surface area contributed by atoms with Crippen molar-refractivity contribution in [2.75, 3.05) is 13.2 Å². The zero-order valence-electron chi connectivity index (χ0n) is 17.2. The predicted octanol–water partition coefficient (Wildman–Crippen LogP) is 1.29. The van der Waals surface area contributed by atoms with Crippen LogP contribution >= 0.6 is 0 Å². The lowest BCUT2D eigenvalue weighted by Crippen LogP contribution is -2.46. The van der Waals surface area contributed by atoms with E-state index in [1.54, 1.807) is 12.1 Å². The Kier molecular flexibility index (Phi) is 4.73. The van der Waals surface area contributed by atoms with E-state index in [-0.39, 0.29) is 51.9 Å². The normalized spacial score (nSPS) is 16.1. The van der Waals surface area contributed by atoms with Gasteiger partial charge in [-0.25, -0.2) is 0 Å². The van der Waals surface area contributed by atoms with Crippen molar-refractivity contribution >= 4 is 34.4 Å². The zero-order valence-corrected chi connectivity index (χ0v) is 17.2. The second-order valence-electron chi connectivity index (χ2n) is 7.99. The summed E-state index contributed by atoms with van der Waals surface area (Å²) in [6.07, 6.45) is -1.29. The van der Waals surface area contributed by atoms with Crippen LogP contribution in [0.15, 0.2) is 48.5 Å². The van der Waals surface area contributed by atoms with Gasteiger partial charge in [0.2, 0.25) is 0 Å². The maximum Gasteiger partial charge on any atom is 0.261 e. The Morgan fingerprint density at radius 3 is 1.52 bits per heavy atom. The highest BCUT2D eigenvalue weighted by molar-refractivity contribution is 6.33. The molecule has 3 aromatic rings. The Morgan fingerprint density at radius 2 is 1.09 bits per heavy atom. The van der Waals surface area contributed by atoms with Crippen LogP contribution in [0.4, 0.5) is 0 Å². The number of aliphatic hydroxyl groups is 2. The number of phenols is 1. The molecule has 4 amide bonds. The number of rotatable bonds is 5. The van der Waals surface area contributed by atoms with Gasteiger partial charge in [-0.05, 0) is 42.0 Å². The van der Waals surface area contributed by atoms with E-state index in [1.165, 1.54) is 36.4 Å². The van der Waals surface area contributed by atoms with Gasteiger partial charge < -0.3 is 15.3 Å². The largest absolute Gasteiger partial charge is 0.508 e. The fourth-order valence-corrected chi connectivity index (χ4v) is 4.34. The third kappa shape index (κ3) is 3.09. The van der Waals surface area contributed by atoms with Gasteiger partial charge in [0.1, 0.15) is 5.75 Å². The Hall–Kier alpha value is -4.08. The van der Waals surface area contributed by atoms with Gasteiger partial charge in [0.15, 0.2) is 0 Å². The summed E-state index contributed by atoms with van der Waals surface area (Å²) < 4.78 is 0. The van der Waals surface area contributed by atoms with E-state index in [0.717, 1.165) is 9.80 Å². The monoisotopic (exact) mass is 446 g/mol. The summed E-state index contributed by atoms with van der Waals surface area (Å²) in [5.41, 5.74) is 1.33. The van der Waals surface area contributed by atoms with E-state index < -0.39 is 36.3 Å². The standard InChI is InChI=1S/C24H18N2O7/c27-11-14(29)10-26-23(32)17-7-5-15-19-16(6-8-18(20(17)19)24(26)33)22(31)25(21(15)30)9-12-1-3-13(28)4-2-12/h1-8,14,27-29H,9-11H2. The van der Waals surface area contributed by atoms with Gasteiger partial charge in [-0.1, -0.05) is 12.1 Å². The van der Waals surface area contributed by atoms with Crippen LogP contribution in [0.3, 0.4) is 0 Å². The molecule has 0 bridgehead atoms. The zero-order chi connectivity index (χ0) is 23.4. The number of β-amino-alcohol motifs (C(OH)–C–C–N with tert-alkyl or cyclic N) is 1. The SMILES string of the molecule is O=C1c2ccc3c4c(ccc(c24)C(=O)N1Cc1ccc(O)cc1)C(=O)N(CC(O)CO)C3=O. The first-order chi connectivity index (χ1) is 15.8. The van der Waals surface area contributed by atoms with Gasteiger partial charge in [0.25, 0.3) is 23.6 Å². The molecule has 2 aliphatic rings. The molecule has 3 aromatic carbocycles. The second kappa shape index (κ2) is 7.51. The van der Waals surface area contributed by atoms with E-state index in [4.69, 9.17) is 5.11 Å². The van der Waals surface area contributed by atoms with Crippen LogP contribution < -0.4 is 0 Å². The predicted molar refractivity (Wildman–Crippen MR) is 115 cm³/mol. The van der Waals surface area contributed by atoms with E-state index in [1.807, 2.05) is 0 Å². The Bertz CT molecular complexity index is 1290. The van der Waals surface area contributed by atoms with Gasteiger partial charge in [-0.15, -0.1) is 0 Å². The fourth-order valence-electron chi connectivity index (χ4n) is 4.34. The van der Waals surface area contributed by atoms with Crippen molar-refractivity contribution < 1.29 is 34.5 Å². The molecule has 0 fully saturated rings. The number of phenolic OH excluding ortho intramolecular Hbond substituents is 1. The molecular weight excluding hydrogens is 428 g/mol. The van der Waals surface area contributed by atoms with Gasteiger partial charge in [-0.2, -0.15) is 0 Å². The van der Waals surface area contributed by atoms with Crippen LogP contribution in [0.5, 0.6) is 5.75 Å². The van der Waals surface area contributed by atoms with Crippen LogP contribution in [-0.2, 0) is 6.54 Å². The third-order valence-electron chi connectivity index (χ3n) is 5.94. The minimum atomic E-state index is -1.29. The molecular formula is C24H18N2O7. The molecule has 3 N–H and O–H groups in total. The maximum atomic E-state index is 13.2. The summed E-state index contributed by atoms with van der Waals surface area (Å²) in [4.78, 5) is 54.4. The van der Waals surface area contributed by atoms with Crippen molar-refractivity contribution in [1.82, 2.24) is 9.80 Å². The molecule has 9 nitrogen and oxygen atoms in total. The lowest BCUT2D eigenvalue weighted by atomic mass is 9.85. The molecule has 33 heavy (non-hydrogen) atoms. The molecule has 0 aromatic heterocycles. The molecule has 0 spiro atoms. The van der Waals surface area contributed by atoms with Gasteiger partial charge in [0.05, 0.1) is 25.8 Å². The average molecular weight is 446 g/mol. The maximum absolute atomic E-state index is 13.2. The Balaban J connectivity index is 1.62. The van der Waals surface area contributed by atoms with E-state index >= 15 is 0 Å². The van der Waals surface area contributed by atoms with Crippen molar-refractivity contribution in [2.24, 2.45) is 0 Å². The summed E-state index contributed by atoms with van der Waals surface area (Å²) in [5, 5.41) is 28.8. The highest BCUT2D eigenvalue weighted by Gasteiger charge is 2.40. The Labute approximate surface area is 187 Å². The fraction of sp³-hybridized carbons (Fsp3) is 0.167. The quantitative estimate of drug-likeness (QED) is 0.503. The number of hydrogen-bond donors (Lipinski definition) is 3. The average Bonchev–Trinajstić information content (AvgIpc) is 2.82. The third-order valence-corrected chi connectivity index (χ3v) is 5.94. The number of carbonyl (C=O) groups excluding carboxylic acids is 4. The van der Waals surface area contributed by atoms with Gasteiger partial charge in [0, 0.05) is 33.0 Å². The first kappa shape index (κ1) is 20.8. The molecule has 0 aliphatic carbocycles. The van der Waals surface area contributed by atoms with Crippen LogP contribution in [0.2, 0.25) is 0 Å². The van der Waals surface area contributed by atoms with Crippen molar-refractivity contribution in [3.63, 3.8) is 0 Å². The molecule has 0 saturated carbocycles. The highest BCUT2D eigenvalue weighted by Crippen LogP contribution is 2.38. The van der Waals surface area contributed by atoms with Crippen molar-refractivity contribution in [3.05, 3.63) is 76.3 Å². The molecule has 0 saturated heterocycles. The van der Waals surface area contributed by atoms with Gasteiger partial charge in [-0.3, -0.25) is 29.0 Å². The topological polar surface area (TPSA) is 135 Å². The summed E-state index contributed by atoms with van der Waals surface area (Å²) >= 11 is 0. The number of hydrogen-bond acceptors (Lipinski definition) is 7. The lowest BCUT2D eigenvalue weighted by molar-refractivity contribution is 0.0390. The van der Waals surface area contributed by atoms with E-state index in [2.05, 4.69) is 0 Å². The minimum Gasteiger partial charge on any atom is -0.508 e. The summed E-state index contributed by atoms with van der Waals surface area (Å²) in [6, 6.07) is 11.9. The minimum absolute atomic E-state index is 0.00688. The number of benzene rings is 3. The molecule has 1 unspecified atom stereocenters. The van der Waals surface area contributed by atoms with E-state index in [9.17, 15) is 29.4 Å². The first-order valence-corrected chi connectivity index (χ1v) is 10.2. The second-order valence-corrected chi connectivity index (χ2v) is 7.99. The Morgan fingerprint density at radius 1 is 0.667 bits per heavy atom. The van der Waals surface area contributed by atoms with E-state index in [0.29, 0.717) is 5.56 Å². The summed E-state index contributed by atoms with van der Waals surface area (Å²) in [7, 11) is 0. The summed E-state index contributed by atoms with van der Waals surface area (Å²) in [6.45, 7) is -0.999. The lowest BCUT2D eigenvalue weighted by Gasteiger charge is -2.32. The highest BCUT2D eigenvalue weighted by atomic mass is 16.3. The van der Waals surface area contributed by atoms with Crippen LogP contribution in [0, 0.1) is 0 Å². The van der Waals surface area contributed by atoms with Crippen molar-refractivity contribution in [1.29, 1.82) is 0 Å². The molecule has 0 radical (unpaired) electrons. The smallest absolute Gasteiger partial charge is 0.261 e. The number of carbonyl (C=O) groups is 4. The molecule has 166 valence electrons. The first-order valence-electron chi connectivity index (χ1n) is 10.2. The summed E-state index contributed by atoms with van der Waals surface area (Å²) in [5.74, 6) is -2.38. The number of aliphatic hydroxyl groups excluding tert-OH is 2. The van der Waals surface area contributed by atoms with Crippen molar-refractivity contribution in [2.45, 2.75) is 12.6 Å². The van der Waals surface area contributed by atoms with Crippen LogP contribution in [0.1, 0.15) is 47.0 Å². The van der Waals surface area contributed by atoms with Crippen LogP contribution in [-0.4, -0.2) is 68.0 Å². The molecule has 1 atom stereocenters. The number of amides is 4. The van der Waals surface area contributed by atoms with Crippen molar-refractivity contribution in [3.8, 4) is 5.75 Å². The number of imide groups is 2. The molecule has 2 heterocycles. The van der Waals surface area contributed by atoms with Crippen LogP contribution in [0.25, 0.3) is 10.8 Å². The molecule has 5 rings (SSSR count). The number of aromatic hydroxyl groups is 1. The molecule has 2 aliphatic heterocycles. The van der Waals surface area contributed by atoms with Gasteiger partial charge >= 0.3 is 0 Å². The molecule has 9 heteroatoms. The number of nitrogens with zero attached hydrogens (tertiary/aromatic N) is 2.